The number of likely N-dealkylation sites (tertiary alicyclic amines) is 1. The normalized spacial score (nSPS) is 22.0. The molecule has 1 aliphatic heterocycles. The molecular weight excluding hydrogens is 295 g/mol. The molecule has 1 heterocycles. The highest BCUT2D eigenvalue weighted by molar-refractivity contribution is 5.82. The lowest BCUT2D eigenvalue weighted by Gasteiger charge is -2.37. The number of methoxy groups -OCH3 is 1. The number of hydrogen-bond donors (Lipinski definition) is 0. The molecule has 0 radical (unpaired) electrons. The van der Waals surface area contributed by atoms with Crippen molar-refractivity contribution in [3.63, 3.8) is 0 Å². The molecule has 0 bridgehead atoms. The van der Waals surface area contributed by atoms with Gasteiger partial charge in [-0.2, -0.15) is 0 Å². The Labute approximate surface area is 137 Å². The van der Waals surface area contributed by atoms with E-state index < -0.39 is 0 Å². The van der Waals surface area contributed by atoms with Crippen LogP contribution in [0.25, 0.3) is 0 Å². The van der Waals surface area contributed by atoms with Gasteiger partial charge in [-0.1, -0.05) is 12.5 Å². The van der Waals surface area contributed by atoms with Gasteiger partial charge in [0.15, 0.2) is 0 Å². The molecule has 126 valence electrons. The summed E-state index contributed by atoms with van der Waals surface area (Å²) in [6, 6.07) is 5.15. The Balaban J connectivity index is 1.78. The van der Waals surface area contributed by atoms with Crippen LogP contribution in [-0.2, 0) is 11.3 Å². The SMILES string of the molecule is COc1cccc(F)c1CN1CCCCC1C(=O)N(C)C1CC1. The fourth-order valence-corrected chi connectivity index (χ4v) is 3.42. The smallest absolute Gasteiger partial charge is 0.239 e. The number of carbonyl (C=O) groups excluding carboxylic acids is 1. The first kappa shape index (κ1) is 16.2. The molecule has 0 spiro atoms. The van der Waals surface area contributed by atoms with Crippen molar-refractivity contribution >= 4 is 5.91 Å². The van der Waals surface area contributed by atoms with Crippen molar-refractivity contribution in [2.45, 2.75) is 50.7 Å². The Morgan fingerprint density at radius 1 is 1.35 bits per heavy atom. The van der Waals surface area contributed by atoms with Crippen LogP contribution in [0.4, 0.5) is 4.39 Å². The number of benzene rings is 1. The van der Waals surface area contributed by atoms with Crippen LogP contribution in [0.5, 0.6) is 5.75 Å². The van der Waals surface area contributed by atoms with Gasteiger partial charge in [0, 0.05) is 25.2 Å². The number of amides is 1. The van der Waals surface area contributed by atoms with Gasteiger partial charge in [-0.05, 0) is 44.4 Å². The van der Waals surface area contributed by atoms with E-state index in [9.17, 15) is 9.18 Å². The van der Waals surface area contributed by atoms with Gasteiger partial charge in [0.05, 0.1) is 13.2 Å². The van der Waals surface area contributed by atoms with Crippen LogP contribution >= 0.6 is 0 Å². The summed E-state index contributed by atoms with van der Waals surface area (Å²) in [5, 5.41) is 0. The molecule has 1 atom stereocenters. The maximum absolute atomic E-state index is 14.2. The second-order valence-electron chi connectivity index (χ2n) is 6.58. The first-order chi connectivity index (χ1) is 11.1. The van der Waals surface area contributed by atoms with E-state index in [0.29, 0.717) is 23.9 Å². The maximum Gasteiger partial charge on any atom is 0.239 e. The van der Waals surface area contributed by atoms with E-state index in [1.54, 1.807) is 19.2 Å². The van der Waals surface area contributed by atoms with E-state index in [0.717, 1.165) is 38.6 Å². The lowest BCUT2D eigenvalue weighted by atomic mass is 9.99. The van der Waals surface area contributed by atoms with E-state index >= 15 is 0 Å². The second kappa shape index (κ2) is 6.87. The third-order valence-corrected chi connectivity index (χ3v) is 5.00. The minimum atomic E-state index is -0.267. The average molecular weight is 320 g/mol. The third-order valence-electron chi connectivity index (χ3n) is 5.00. The van der Waals surface area contributed by atoms with Gasteiger partial charge < -0.3 is 9.64 Å². The number of rotatable bonds is 5. The van der Waals surface area contributed by atoms with E-state index in [-0.39, 0.29) is 17.8 Å². The van der Waals surface area contributed by atoms with Crippen molar-refractivity contribution in [1.82, 2.24) is 9.80 Å². The van der Waals surface area contributed by atoms with Gasteiger partial charge in [0.2, 0.25) is 5.91 Å². The first-order valence-electron chi connectivity index (χ1n) is 8.44. The Morgan fingerprint density at radius 3 is 2.83 bits per heavy atom. The van der Waals surface area contributed by atoms with Crippen LogP contribution < -0.4 is 4.74 Å². The van der Waals surface area contributed by atoms with Crippen LogP contribution in [0.15, 0.2) is 18.2 Å². The van der Waals surface area contributed by atoms with E-state index in [1.165, 1.54) is 6.07 Å². The molecule has 4 nitrogen and oxygen atoms in total. The number of ether oxygens (including phenoxy) is 1. The number of likely N-dealkylation sites (N-methyl/N-ethyl adjacent to an activating group) is 1. The monoisotopic (exact) mass is 320 g/mol. The lowest BCUT2D eigenvalue weighted by molar-refractivity contribution is -0.137. The molecule has 0 N–H and O–H groups in total. The number of piperidine rings is 1. The molecule has 1 aromatic carbocycles. The maximum atomic E-state index is 14.2. The Kier molecular flexibility index (Phi) is 4.85. The van der Waals surface area contributed by atoms with Gasteiger partial charge in [-0.25, -0.2) is 4.39 Å². The zero-order chi connectivity index (χ0) is 16.4. The van der Waals surface area contributed by atoms with Gasteiger partial charge in [-0.3, -0.25) is 9.69 Å². The summed E-state index contributed by atoms with van der Waals surface area (Å²) in [5.41, 5.74) is 0.545. The first-order valence-corrected chi connectivity index (χ1v) is 8.44. The molecule has 1 saturated heterocycles. The predicted octanol–water partition coefficient (Wildman–Crippen LogP) is 2.81. The van der Waals surface area contributed by atoms with Gasteiger partial charge in [0.1, 0.15) is 11.6 Å². The van der Waals surface area contributed by atoms with Gasteiger partial charge in [-0.15, -0.1) is 0 Å². The van der Waals surface area contributed by atoms with Crippen LogP contribution in [0, 0.1) is 5.82 Å². The fourth-order valence-electron chi connectivity index (χ4n) is 3.42. The number of nitrogens with zero attached hydrogens (tertiary/aromatic N) is 2. The summed E-state index contributed by atoms with van der Waals surface area (Å²) < 4.78 is 19.5. The van der Waals surface area contributed by atoms with Crippen molar-refractivity contribution in [3.8, 4) is 5.75 Å². The minimum absolute atomic E-state index is 0.140. The molecule has 1 saturated carbocycles. The summed E-state index contributed by atoms with van der Waals surface area (Å²) in [6.07, 6.45) is 5.17. The summed E-state index contributed by atoms with van der Waals surface area (Å²) in [7, 11) is 3.45. The minimum Gasteiger partial charge on any atom is -0.496 e. The van der Waals surface area contributed by atoms with Gasteiger partial charge in [0.25, 0.3) is 0 Å². The standard InChI is InChI=1S/C18H25FN2O2/c1-20(13-9-10-13)18(22)16-7-3-4-11-21(16)12-14-15(19)6-5-8-17(14)23-2/h5-6,8,13,16H,3-4,7,9-12H2,1-2H3. The van der Waals surface area contributed by atoms with Crippen LogP contribution in [0.3, 0.4) is 0 Å². The highest BCUT2D eigenvalue weighted by Gasteiger charge is 2.37. The molecule has 3 rings (SSSR count). The molecule has 2 fully saturated rings. The van der Waals surface area contributed by atoms with E-state index in [4.69, 9.17) is 4.74 Å². The molecule has 23 heavy (non-hydrogen) atoms. The highest BCUT2D eigenvalue weighted by Crippen LogP contribution is 2.30. The van der Waals surface area contributed by atoms with Crippen LogP contribution in [-0.4, -0.2) is 48.5 Å². The molecular formula is C18H25FN2O2. The second-order valence-corrected chi connectivity index (χ2v) is 6.58. The fraction of sp³-hybridized carbons (Fsp3) is 0.611. The molecule has 1 aliphatic carbocycles. The van der Waals surface area contributed by atoms with Crippen molar-refractivity contribution in [2.75, 3.05) is 20.7 Å². The molecule has 5 heteroatoms. The largest absolute Gasteiger partial charge is 0.496 e. The Morgan fingerprint density at radius 2 is 2.13 bits per heavy atom. The lowest BCUT2D eigenvalue weighted by Crippen LogP contribution is -2.50. The third kappa shape index (κ3) is 3.50. The van der Waals surface area contributed by atoms with Crippen molar-refractivity contribution in [2.24, 2.45) is 0 Å². The predicted molar refractivity (Wildman–Crippen MR) is 86.8 cm³/mol. The van der Waals surface area contributed by atoms with Crippen LogP contribution in [0.2, 0.25) is 0 Å². The van der Waals surface area contributed by atoms with Crippen molar-refractivity contribution in [3.05, 3.63) is 29.6 Å². The van der Waals surface area contributed by atoms with E-state index in [1.807, 2.05) is 11.9 Å². The van der Waals surface area contributed by atoms with Crippen molar-refractivity contribution in [1.29, 1.82) is 0 Å². The average Bonchev–Trinajstić information content (AvgIpc) is 3.41. The summed E-state index contributed by atoms with van der Waals surface area (Å²) >= 11 is 0. The quantitative estimate of drug-likeness (QED) is 0.836. The molecule has 1 aromatic rings. The zero-order valence-corrected chi connectivity index (χ0v) is 13.9. The topological polar surface area (TPSA) is 32.8 Å². The Bertz CT molecular complexity index is 574. The number of halogens is 1. The molecule has 1 unspecified atom stereocenters. The van der Waals surface area contributed by atoms with Gasteiger partial charge >= 0.3 is 0 Å². The number of hydrogen-bond acceptors (Lipinski definition) is 3. The van der Waals surface area contributed by atoms with Crippen LogP contribution in [0.1, 0.15) is 37.7 Å². The summed E-state index contributed by atoms with van der Waals surface area (Å²) in [5.74, 6) is 0.469. The summed E-state index contributed by atoms with van der Waals surface area (Å²) in [4.78, 5) is 16.8. The van der Waals surface area contributed by atoms with Crippen molar-refractivity contribution < 1.29 is 13.9 Å². The van der Waals surface area contributed by atoms with E-state index in [2.05, 4.69) is 4.90 Å². The zero-order valence-electron chi connectivity index (χ0n) is 13.9. The molecule has 2 aliphatic rings. The Hall–Kier alpha value is -1.62. The summed E-state index contributed by atoms with van der Waals surface area (Å²) in [6.45, 7) is 1.25. The number of carbonyl (C=O) groups is 1. The highest BCUT2D eigenvalue weighted by atomic mass is 19.1. The molecule has 0 aromatic heterocycles. The molecule has 1 amide bonds.